The van der Waals surface area contributed by atoms with E-state index in [2.05, 4.69) is 4.98 Å². The second-order valence-electron chi connectivity index (χ2n) is 4.63. The van der Waals surface area contributed by atoms with Crippen molar-refractivity contribution in [2.75, 3.05) is 27.1 Å². The van der Waals surface area contributed by atoms with Crippen LogP contribution < -0.4 is 9.47 Å². The number of benzene rings is 1. The fourth-order valence-corrected chi connectivity index (χ4v) is 2.56. The predicted octanol–water partition coefficient (Wildman–Crippen LogP) is 2.86. The molecule has 0 amide bonds. The van der Waals surface area contributed by atoms with Crippen LogP contribution in [0.2, 0.25) is 0 Å². The van der Waals surface area contributed by atoms with Crippen molar-refractivity contribution in [3.05, 3.63) is 47.7 Å². The van der Waals surface area contributed by atoms with Crippen LogP contribution in [0.3, 0.4) is 0 Å². The standard InChI is InChI=1S/C17H17NO5S/c1-21-11-6-7-12(15(9-11)22-2)14(19)10-23-17(20)13-5-4-8-18-16(13)24-3/h4-9H,10H2,1-3H3. The number of pyridine rings is 1. The first kappa shape index (κ1) is 17.8. The van der Waals surface area contributed by atoms with Crippen LogP contribution in [0.25, 0.3) is 0 Å². The van der Waals surface area contributed by atoms with Gasteiger partial charge < -0.3 is 14.2 Å². The molecule has 0 atom stereocenters. The van der Waals surface area contributed by atoms with Crippen molar-refractivity contribution in [2.45, 2.75) is 5.03 Å². The summed E-state index contributed by atoms with van der Waals surface area (Å²) in [6.07, 6.45) is 3.41. The molecular weight excluding hydrogens is 330 g/mol. The number of methoxy groups -OCH3 is 2. The first-order valence-corrected chi connectivity index (χ1v) is 8.24. The third kappa shape index (κ3) is 4.05. The van der Waals surface area contributed by atoms with Crippen LogP contribution in [0.5, 0.6) is 11.5 Å². The summed E-state index contributed by atoms with van der Waals surface area (Å²) in [4.78, 5) is 28.5. The van der Waals surface area contributed by atoms with Crippen molar-refractivity contribution in [2.24, 2.45) is 0 Å². The van der Waals surface area contributed by atoms with Crippen molar-refractivity contribution >= 4 is 23.5 Å². The quantitative estimate of drug-likeness (QED) is 0.433. The molecule has 2 rings (SSSR count). The lowest BCUT2D eigenvalue weighted by Crippen LogP contribution is -2.16. The Morgan fingerprint density at radius 2 is 1.92 bits per heavy atom. The molecular formula is C17H17NO5S. The van der Waals surface area contributed by atoms with Gasteiger partial charge in [-0.2, -0.15) is 0 Å². The van der Waals surface area contributed by atoms with E-state index in [-0.39, 0.29) is 12.4 Å². The topological polar surface area (TPSA) is 74.7 Å². The Hall–Kier alpha value is -2.54. The van der Waals surface area contributed by atoms with E-state index < -0.39 is 5.97 Å². The fraction of sp³-hybridized carbons (Fsp3) is 0.235. The molecule has 1 aromatic heterocycles. The van der Waals surface area contributed by atoms with Crippen LogP contribution in [0, 0.1) is 0 Å². The van der Waals surface area contributed by atoms with Gasteiger partial charge in [0.1, 0.15) is 16.5 Å². The number of ketones is 1. The average molecular weight is 347 g/mol. The molecule has 7 heteroatoms. The van der Waals surface area contributed by atoms with Crippen LogP contribution in [-0.4, -0.2) is 43.8 Å². The Labute approximate surface area is 144 Å². The Morgan fingerprint density at radius 3 is 2.58 bits per heavy atom. The zero-order valence-corrected chi connectivity index (χ0v) is 14.4. The normalized spacial score (nSPS) is 10.1. The van der Waals surface area contributed by atoms with E-state index in [0.717, 1.165) is 0 Å². The number of ether oxygens (including phenoxy) is 3. The Morgan fingerprint density at radius 1 is 1.12 bits per heavy atom. The molecule has 0 radical (unpaired) electrons. The number of hydrogen-bond donors (Lipinski definition) is 0. The van der Waals surface area contributed by atoms with Crippen molar-refractivity contribution in [3.63, 3.8) is 0 Å². The minimum absolute atomic E-state index is 0.322. The van der Waals surface area contributed by atoms with Crippen molar-refractivity contribution in [1.82, 2.24) is 4.98 Å². The number of carbonyl (C=O) groups excluding carboxylic acids is 2. The van der Waals surface area contributed by atoms with Gasteiger partial charge in [0.05, 0.1) is 25.3 Å². The summed E-state index contributed by atoms with van der Waals surface area (Å²) in [5, 5.41) is 0.553. The first-order chi connectivity index (χ1) is 11.6. The SMILES string of the molecule is COc1ccc(C(=O)COC(=O)c2cccnc2SC)c(OC)c1. The molecule has 126 valence electrons. The second-order valence-corrected chi connectivity index (χ2v) is 5.42. The van der Waals surface area contributed by atoms with Gasteiger partial charge in [-0.15, -0.1) is 11.8 Å². The maximum atomic E-state index is 12.3. The molecule has 0 bridgehead atoms. The van der Waals surface area contributed by atoms with Gasteiger partial charge in [-0.05, 0) is 30.5 Å². The lowest BCUT2D eigenvalue weighted by Gasteiger charge is -2.10. The van der Waals surface area contributed by atoms with Crippen LogP contribution in [-0.2, 0) is 4.74 Å². The van der Waals surface area contributed by atoms with Gasteiger partial charge in [0.25, 0.3) is 0 Å². The summed E-state index contributed by atoms with van der Waals surface area (Å²) in [5.41, 5.74) is 0.655. The van der Waals surface area contributed by atoms with E-state index in [1.54, 1.807) is 36.5 Å². The molecule has 1 aromatic carbocycles. The first-order valence-electron chi connectivity index (χ1n) is 7.02. The van der Waals surface area contributed by atoms with Crippen LogP contribution in [0.4, 0.5) is 0 Å². The zero-order valence-electron chi connectivity index (χ0n) is 13.6. The van der Waals surface area contributed by atoms with Crippen LogP contribution >= 0.6 is 11.8 Å². The maximum absolute atomic E-state index is 12.3. The highest BCUT2D eigenvalue weighted by atomic mass is 32.2. The van der Waals surface area contributed by atoms with E-state index in [1.807, 2.05) is 6.26 Å². The molecule has 2 aromatic rings. The highest BCUT2D eigenvalue weighted by Gasteiger charge is 2.18. The number of esters is 1. The van der Waals surface area contributed by atoms with Crippen molar-refractivity contribution in [3.8, 4) is 11.5 Å². The number of rotatable bonds is 7. The Bertz CT molecular complexity index is 748. The van der Waals surface area contributed by atoms with Gasteiger partial charge in [-0.1, -0.05) is 0 Å². The lowest BCUT2D eigenvalue weighted by atomic mass is 10.1. The molecule has 0 unspecified atom stereocenters. The zero-order chi connectivity index (χ0) is 17.5. The molecule has 1 heterocycles. The second kappa shape index (κ2) is 8.35. The Kier molecular flexibility index (Phi) is 6.20. The molecule has 24 heavy (non-hydrogen) atoms. The number of carbonyl (C=O) groups is 2. The molecule has 0 saturated carbocycles. The third-order valence-corrected chi connectivity index (χ3v) is 3.94. The molecule has 0 spiro atoms. The highest BCUT2D eigenvalue weighted by Crippen LogP contribution is 2.25. The van der Waals surface area contributed by atoms with E-state index in [0.29, 0.717) is 27.7 Å². The van der Waals surface area contributed by atoms with Gasteiger partial charge in [0, 0.05) is 12.3 Å². The van der Waals surface area contributed by atoms with Gasteiger partial charge in [0.15, 0.2) is 6.61 Å². The number of hydrogen-bond acceptors (Lipinski definition) is 7. The summed E-state index contributed by atoms with van der Waals surface area (Å²) in [6.45, 7) is -0.385. The van der Waals surface area contributed by atoms with E-state index >= 15 is 0 Å². The average Bonchev–Trinajstić information content (AvgIpc) is 2.65. The molecule has 0 saturated heterocycles. The van der Waals surface area contributed by atoms with Crippen LogP contribution in [0.1, 0.15) is 20.7 Å². The van der Waals surface area contributed by atoms with Gasteiger partial charge >= 0.3 is 5.97 Å². The molecule has 0 aliphatic rings. The number of Topliss-reactive ketones (excluding diaryl/α,β-unsaturated/α-hetero) is 1. The summed E-state index contributed by atoms with van der Waals surface area (Å²) < 4.78 is 15.4. The summed E-state index contributed by atoms with van der Waals surface area (Å²) in [6, 6.07) is 8.07. The van der Waals surface area contributed by atoms with Crippen molar-refractivity contribution in [1.29, 1.82) is 0 Å². The summed E-state index contributed by atoms with van der Waals surface area (Å²) >= 11 is 1.33. The number of nitrogens with zero attached hydrogens (tertiary/aromatic N) is 1. The monoisotopic (exact) mass is 347 g/mol. The van der Waals surface area contributed by atoms with Crippen molar-refractivity contribution < 1.29 is 23.8 Å². The molecule has 0 fully saturated rings. The van der Waals surface area contributed by atoms with E-state index in [9.17, 15) is 9.59 Å². The van der Waals surface area contributed by atoms with Crippen LogP contribution in [0.15, 0.2) is 41.6 Å². The minimum atomic E-state index is -0.590. The predicted molar refractivity (Wildman–Crippen MR) is 90.2 cm³/mol. The Balaban J connectivity index is 2.09. The summed E-state index contributed by atoms with van der Waals surface area (Å²) in [7, 11) is 2.98. The number of aromatic nitrogens is 1. The highest BCUT2D eigenvalue weighted by molar-refractivity contribution is 7.98. The van der Waals surface area contributed by atoms with Gasteiger partial charge in [-0.3, -0.25) is 4.79 Å². The summed E-state index contributed by atoms with van der Waals surface area (Å²) in [5.74, 6) is -0.0207. The molecule has 0 aliphatic carbocycles. The molecule has 0 aliphatic heterocycles. The maximum Gasteiger partial charge on any atom is 0.341 e. The van der Waals surface area contributed by atoms with E-state index in [4.69, 9.17) is 14.2 Å². The molecule has 6 nitrogen and oxygen atoms in total. The third-order valence-electron chi connectivity index (χ3n) is 3.23. The number of thioether (sulfide) groups is 1. The van der Waals surface area contributed by atoms with Gasteiger partial charge in [-0.25, -0.2) is 9.78 Å². The lowest BCUT2D eigenvalue weighted by molar-refractivity contribution is 0.0469. The minimum Gasteiger partial charge on any atom is -0.497 e. The van der Waals surface area contributed by atoms with Gasteiger partial charge in [0.2, 0.25) is 5.78 Å². The largest absolute Gasteiger partial charge is 0.497 e. The fourth-order valence-electron chi connectivity index (χ4n) is 2.02. The molecule has 0 N–H and O–H groups in total. The smallest absolute Gasteiger partial charge is 0.341 e. The van der Waals surface area contributed by atoms with E-state index in [1.165, 1.54) is 26.0 Å².